The topological polar surface area (TPSA) is 54.2 Å². The number of halogens is 1. The van der Waals surface area contributed by atoms with Gasteiger partial charge in [0.2, 0.25) is 11.8 Å². The van der Waals surface area contributed by atoms with Crippen LogP contribution in [0.25, 0.3) is 11.5 Å². The molecule has 6 heteroatoms. The van der Waals surface area contributed by atoms with E-state index in [0.717, 1.165) is 23.1 Å². The second kappa shape index (κ2) is 7.68. The summed E-state index contributed by atoms with van der Waals surface area (Å²) in [5, 5.41) is 11.5. The second-order valence-electron chi connectivity index (χ2n) is 5.23. The summed E-state index contributed by atoms with van der Waals surface area (Å²) in [5.41, 5.74) is 0.913. The largest absolute Gasteiger partial charge is 0.419 e. The summed E-state index contributed by atoms with van der Waals surface area (Å²) < 4.78 is 6.63. The van der Waals surface area contributed by atoms with Crippen molar-refractivity contribution in [1.29, 1.82) is 0 Å². The predicted octanol–water partition coefficient (Wildman–Crippen LogP) is 2.93. The van der Waals surface area contributed by atoms with Crippen molar-refractivity contribution in [1.82, 2.24) is 20.4 Å². The predicted molar refractivity (Wildman–Crippen MR) is 86.9 cm³/mol. The molecule has 2 aromatic rings. The van der Waals surface area contributed by atoms with E-state index in [9.17, 15) is 0 Å². The number of hydrogen-bond acceptors (Lipinski definition) is 5. The minimum atomic E-state index is 0.540. The van der Waals surface area contributed by atoms with Crippen LogP contribution in [0.1, 0.15) is 19.7 Å². The van der Waals surface area contributed by atoms with Gasteiger partial charge in [-0.25, -0.2) is 0 Å². The SMILES string of the molecule is CC(C)N(C)CCNCc1nnc(-c2ccccc2Br)o1. The number of aromatic nitrogens is 2. The van der Waals surface area contributed by atoms with Gasteiger partial charge in [-0.1, -0.05) is 12.1 Å². The van der Waals surface area contributed by atoms with Crippen molar-refractivity contribution in [2.75, 3.05) is 20.1 Å². The fourth-order valence-corrected chi connectivity index (χ4v) is 2.23. The quantitative estimate of drug-likeness (QED) is 0.776. The molecule has 0 saturated carbocycles. The minimum absolute atomic E-state index is 0.540. The number of nitrogens with zero attached hydrogens (tertiary/aromatic N) is 3. The highest BCUT2D eigenvalue weighted by Crippen LogP contribution is 2.26. The number of likely N-dealkylation sites (N-methyl/N-ethyl adjacent to an activating group) is 1. The van der Waals surface area contributed by atoms with Crippen LogP contribution < -0.4 is 5.32 Å². The highest BCUT2D eigenvalue weighted by Gasteiger charge is 2.11. The van der Waals surface area contributed by atoms with E-state index < -0.39 is 0 Å². The van der Waals surface area contributed by atoms with E-state index in [4.69, 9.17) is 4.42 Å². The molecule has 1 aromatic heterocycles. The molecular weight excluding hydrogens is 332 g/mol. The highest BCUT2D eigenvalue weighted by atomic mass is 79.9. The van der Waals surface area contributed by atoms with E-state index in [0.29, 0.717) is 24.4 Å². The van der Waals surface area contributed by atoms with Crippen molar-refractivity contribution < 1.29 is 4.42 Å². The molecule has 5 nitrogen and oxygen atoms in total. The summed E-state index contributed by atoms with van der Waals surface area (Å²) in [6.07, 6.45) is 0. The summed E-state index contributed by atoms with van der Waals surface area (Å²) in [6, 6.07) is 8.37. The molecule has 0 saturated heterocycles. The van der Waals surface area contributed by atoms with Gasteiger partial charge in [0, 0.05) is 23.6 Å². The molecule has 114 valence electrons. The molecule has 21 heavy (non-hydrogen) atoms. The summed E-state index contributed by atoms with van der Waals surface area (Å²) >= 11 is 3.49. The molecule has 1 aromatic carbocycles. The maximum atomic E-state index is 5.68. The average Bonchev–Trinajstić information content (AvgIpc) is 2.92. The molecule has 0 atom stereocenters. The fourth-order valence-electron chi connectivity index (χ4n) is 1.78. The zero-order valence-corrected chi connectivity index (χ0v) is 14.2. The minimum Gasteiger partial charge on any atom is -0.419 e. The second-order valence-corrected chi connectivity index (χ2v) is 6.09. The van der Waals surface area contributed by atoms with E-state index in [-0.39, 0.29) is 0 Å². The van der Waals surface area contributed by atoms with Gasteiger partial charge in [-0.05, 0) is 49.0 Å². The molecule has 0 aliphatic heterocycles. The van der Waals surface area contributed by atoms with Crippen molar-refractivity contribution in [2.45, 2.75) is 26.4 Å². The van der Waals surface area contributed by atoms with Gasteiger partial charge in [0.05, 0.1) is 12.1 Å². The van der Waals surface area contributed by atoms with Crippen LogP contribution in [-0.4, -0.2) is 41.3 Å². The molecule has 0 unspecified atom stereocenters. The third-order valence-corrected chi connectivity index (χ3v) is 4.06. The summed E-state index contributed by atoms with van der Waals surface area (Å²) in [7, 11) is 2.12. The summed E-state index contributed by atoms with van der Waals surface area (Å²) in [4.78, 5) is 2.29. The first-order valence-electron chi connectivity index (χ1n) is 7.06. The van der Waals surface area contributed by atoms with Gasteiger partial charge in [-0.2, -0.15) is 0 Å². The van der Waals surface area contributed by atoms with Crippen LogP contribution in [0.5, 0.6) is 0 Å². The molecule has 0 aliphatic rings. The highest BCUT2D eigenvalue weighted by molar-refractivity contribution is 9.10. The number of rotatable bonds is 7. The number of hydrogen-bond donors (Lipinski definition) is 1. The first-order valence-corrected chi connectivity index (χ1v) is 7.85. The monoisotopic (exact) mass is 352 g/mol. The van der Waals surface area contributed by atoms with Crippen molar-refractivity contribution in [3.63, 3.8) is 0 Å². The molecule has 0 spiro atoms. The lowest BCUT2D eigenvalue weighted by Crippen LogP contribution is -2.33. The van der Waals surface area contributed by atoms with Crippen LogP contribution in [0.4, 0.5) is 0 Å². The van der Waals surface area contributed by atoms with Gasteiger partial charge in [0.15, 0.2) is 0 Å². The Morgan fingerprint density at radius 1 is 1.29 bits per heavy atom. The van der Waals surface area contributed by atoms with Crippen LogP contribution >= 0.6 is 15.9 Å². The molecule has 2 rings (SSSR count). The summed E-state index contributed by atoms with van der Waals surface area (Å²) in [5.74, 6) is 1.14. The Labute approximate surface area is 133 Å². The lowest BCUT2D eigenvalue weighted by Gasteiger charge is -2.20. The average molecular weight is 353 g/mol. The molecule has 0 radical (unpaired) electrons. The molecular formula is C15H21BrN4O. The maximum absolute atomic E-state index is 5.68. The van der Waals surface area contributed by atoms with E-state index >= 15 is 0 Å². The van der Waals surface area contributed by atoms with Gasteiger partial charge in [-0.15, -0.1) is 10.2 Å². The Kier molecular flexibility index (Phi) is 5.90. The molecule has 0 amide bonds. The zero-order chi connectivity index (χ0) is 15.2. The molecule has 0 fully saturated rings. The van der Waals surface area contributed by atoms with Gasteiger partial charge < -0.3 is 14.6 Å². The number of benzene rings is 1. The van der Waals surface area contributed by atoms with Crippen LogP contribution in [0.3, 0.4) is 0 Å². The summed E-state index contributed by atoms with van der Waals surface area (Å²) in [6.45, 7) is 6.83. The Hall–Kier alpha value is -1.24. The Bertz CT molecular complexity index is 570. The smallest absolute Gasteiger partial charge is 0.248 e. The van der Waals surface area contributed by atoms with Crippen LogP contribution in [0, 0.1) is 0 Å². The van der Waals surface area contributed by atoms with Gasteiger partial charge in [-0.3, -0.25) is 0 Å². The van der Waals surface area contributed by atoms with E-state index in [1.54, 1.807) is 0 Å². The Morgan fingerprint density at radius 3 is 2.76 bits per heavy atom. The first-order chi connectivity index (χ1) is 10.1. The first kappa shape index (κ1) is 16.1. The molecule has 1 N–H and O–H groups in total. The maximum Gasteiger partial charge on any atom is 0.248 e. The van der Waals surface area contributed by atoms with E-state index in [2.05, 4.69) is 57.2 Å². The van der Waals surface area contributed by atoms with Crippen LogP contribution in [0.2, 0.25) is 0 Å². The molecule has 1 heterocycles. The normalized spacial score (nSPS) is 11.5. The lowest BCUT2D eigenvalue weighted by atomic mass is 10.2. The van der Waals surface area contributed by atoms with Gasteiger partial charge in [0.25, 0.3) is 0 Å². The van der Waals surface area contributed by atoms with Crippen LogP contribution in [-0.2, 0) is 6.54 Å². The Morgan fingerprint density at radius 2 is 2.05 bits per heavy atom. The van der Waals surface area contributed by atoms with Crippen LogP contribution in [0.15, 0.2) is 33.2 Å². The Balaban J connectivity index is 1.85. The van der Waals surface area contributed by atoms with E-state index in [1.807, 2.05) is 24.3 Å². The zero-order valence-electron chi connectivity index (χ0n) is 12.6. The number of nitrogens with one attached hydrogen (secondary N) is 1. The van der Waals surface area contributed by atoms with Crippen molar-refractivity contribution >= 4 is 15.9 Å². The van der Waals surface area contributed by atoms with Crippen molar-refractivity contribution in [2.24, 2.45) is 0 Å². The standard InChI is InChI=1S/C15H21BrN4O/c1-11(2)20(3)9-8-17-10-14-18-19-15(21-14)12-6-4-5-7-13(12)16/h4-7,11,17H,8-10H2,1-3H3. The van der Waals surface area contributed by atoms with Crippen molar-refractivity contribution in [3.05, 3.63) is 34.6 Å². The molecule has 0 bridgehead atoms. The third-order valence-electron chi connectivity index (χ3n) is 3.37. The lowest BCUT2D eigenvalue weighted by molar-refractivity contribution is 0.272. The third kappa shape index (κ3) is 4.62. The van der Waals surface area contributed by atoms with Crippen molar-refractivity contribution in [3.8, 4) is 11.5 Å². The van der Waals surface area contributed by atoms with E-state index in [1.165, 1.54) is 0 Å². The fraction of sp³-hybridized carbons (Fsp3) is 0.467. The van der Waals surface area contributed by atoms with Gasteiger partial charge >= 0.3 is 0 Å². The van der Waals surface area contributed by atoms with Gasteiger partial charge in [0.1, 0.15) is 0 Å². The molecule has 0 aliphatic carbocycles.